The van der Waals surface area contributed by atoms with Crippen molar-refractivity contribution in [1.82, 2.24) is 20.3 Å². The van der Waals surface area contributed by atoms with Gasteiger partial charge in [0, 0.05) is 52.5 Å². The van der Waals surface area contributed by atoms with E-state index in [0.717, 1.165) is 23.2 Å². The lowest BCUT2D eigenvalue weighted by atomic mass is 9.71. The van der Waals surface area contributed by atoms with Gasteiger partial charge < -0.3 is 15.4 Å². The number of rotatable bonds is 8. The summed E-state index contributed by atoms with van der Waals surface area (Å²) >= 11 is 1.20. The predicted octanol–water partition coefficient (Wildman–Crippen LogP) is 5.88. The van der Waals surface area contributed by atoms with Gasteiger partial charge in [-0.1, -0.05) is 36.5 Å². The smallest absolute Gasteiger partial charge is 0.280 e. The Balaban J connectivity index is 1.52. The molecule has 0 bridgehead atoms. The summed E-state index contributed by atoms with van der Waals surface area (Å²) in [5.74, 6) is -0.436. The van der Waals surface area contributed by atoms with Gasteiger partial charge >= 0.3 is 0 Å². The van der Waals surface area contributed by atoms with Crippen LogP contribution in [0.4, 0.5) is 14.6 Å². The van der Waals surface area contributed by atoms with E-state index in [0.29, 0.717) is 47.1 Å². The van der Waals surface area contributed by atoms with Crippen LogP contribution in [-0.2, 0) is 15.3 Å². The van der Waals surface area contributed by atoms with Crippen LogP contribution < -0.4 is 15.4 Å². The van der Waals surface area contributed by atoms with Gasteiger partial charge in [0.1, 0.15) is 17.3 Å². The minimum Gasteiger partial charge on any atom is -0.496 e. The number of aromatic nitrogens is 3. The highest BCUT2D eigenvalue weighted by molar-refractivity contribution is 7.98. The van der Waals surface area contributed by atoms with Crippen LogP contribution in [0.3, 0.4) is 0 Å². The summed E-state index contributed by atoms with van der Waals surface area (Å²) < 4.78 is 32.2. The lowest BCUT2D eigenvalue weighted by molar-refractivity contribution is -0.120. The molecule has 2 aliphatic rings. The Bertz CT molecular complexity index is 1530. The largest absolute Gasteiger partial charge is 0.496 e. The van der Waals surface area contributed by atoms with Crippen LogP contribution in [0.2, 0.25) is 0 Å². The van der Waals surface area contributed by atoms with Gasteiger partial charge in [-0.05, 0) is 49.6 Å². The Morgan fingerprint density at radius 1 is 1.22 bits per heavy atom. The topological polar surface area (TPSA) is 106 Å². The normalized spacial score (nSPS) is 18.7. The summed E-state index contributed by atoms with van der Waals surface area (Å²) in [6.45, 7) is 5.81. The van der Waals surface area contributed by atoms with Crippen LogP contribution in [0.5, 0.6) is 5.75 Å². The van der Waals surface area contributed by atoms with E-state index in [1.807, 2.05) is 12.1 Å². The molecule has 0 spiro atoms. The Hall–Kier alpha value is -4.12. The Labute approximate surface area is 240 Å². The highest BCUT2D eigenvalue weighted by Crippen LogP contribution is 2.45. The number of anilines is 1. The SMILES string of the molecule is C=C1NC2=C(C(=O)CCC2)C(c2ccc(OC)c(CSc3nc(C)cc(C(F)F)n3)c2)C1C(=O)Nc1ccccn1. The zero-order chi connectivity index (χ0) is 29.1. The average Bonchev–Trinajstić information content (AvgIpc) is 2.95. The van der Waals surface area contributed by atoms with E-state index in [4.69, 9.17) is 4.74 Å². The van der Waals surface area contributed by atoms with Crippen molar-refractivity contribution in [3.05, 3.63) is 94.7 Å². The van der Waals surface area contributed by atoms with Crippen LogP contribution in [0, 0.1) is 12.8 Å². The fourth-order valence-electron chi connectivity index (χ4n) is 5.29. The Morgan fingerprint density at radius 3 is 2.78 bits per heavy atom. The number of thioether (sulfide) groups is 1. The van der Waals surface area contributed by atoms with E-state index in [9.17, 15) is 18.4 Å². The molecule has 1 aromatic carbocycles. The fourth-order valence-corrected chi connectivity index (χ4v) is 6.18. The number of hydrogen-bond acceptors (Lipinski definition) is 8. The molecule has 1 aliphatic carbocycles. The van der Waals surface area contributed by atoms with Gasteiger partial charge in [0.05, 0.1) is 13.0 Å². The number of nitrogens with one attached hydrogen (secondary N) is 2. The number of carbonyl (C=O) groups excluding carboxylic acids is 2. The first kappa shape index (κ1) is 28.4. The molecule has 5 rings (SSSR count). The van der Waals surface area contributed by atoms with Crippen molar-refractivity contribution < 1.29 is 23.1 Å². The zero-order valence-corrected chi connectivity index (χ0v) is 23.4. The van der Waals surface area contributed by atoms with Gasteiger partial charge in [0.25, 0.3) is 6.43 Å². The van der Waals surface area contributed by atoms with E-state index in [-0.39, 0.29) is 22.5 Å². The van der Waals surface area contributed by atoms with E-state index < -0.39 is 18.3 Å². The highest BCUT2D eigenvalue weighted by Gasteiger charge is 2.43. The molecule has 3 aromatic rings. The Morgan fingerprint density at radius 2 is 2.05 bits per heavy atom. The summed E-state index contributed by atoms with van der Waals surface area (Å²) in [6, 6.07) is 12.0. The molecule has 0 fully saturated rings. The number of allylic oxidation sites excluding steroid dienone is 2. The van der Waals surface area contributed by atoms with E-state index in [1.165, 1.54) is 17.8 Å². The maximum Gasteiger partial charge on any atom is 0.280 e. The molecular weight excluding hydrogens is 548 g/mol. The number of pyridine rings is 1. The second-order valence-electron chi connectivity index (χ2n) is 9.86. The highest BCUT2D eigenvalue weighted by atomic mass is 32.2. The molecule has 0 saturated heterocycles. The molecule has 2 atom stereocenters. The van der Waals surface area contributed by atoms with Crippen molar-refractivity contribution in [3.8, 4) is 5.75 Å². The number of methoxy groups -OCH3 is 1. The third-order valence-electron chi connectivity index (χ3n) is 7.08. The van der Waals surface area contributed by atoms with Crippen molar-refractivity contribution in [2.24, 2.45) is 5.92 Å². The summed E-state index contributed by atoms with van der Waals surface area (Å²) in [7, 11) is 1.54. The van der Waals surface area contributed by atoms with Gasteiger partial charge in [-0.15, -0.1) is 0 Å². The number of amides is 1. The molecule has 0 saturated carbocycles. The fraction of sp³-hybridized carbons (Fsp3) is 0.300. The number of ketones is 1. The molecule has 1 amide bonds. The molecule has 11 heteroatoms. The number of hydrogen-bond donors (Lipinski definition) is 2. The molecule has 41 heavy (non-hydrogen) atoms. The lowest BCUT2D eigenvalue weighted by Crippen LogP contribution is -2.42. The van der Waals surface area contributed by atoms with Crippen LogP contribution in [-0.4, -0.2) is 33.8 Å². The minimum atomic E-state index is -2.70. The third-order valence-corrected chi connectivity index (χ3v) is 7.98. The predicted molar refractivity (Wildman–Crippen MR) is 152 cm³/mol. The molecule has 212 valence electrons. The second kappa shape index (κ2) is 12.2. The molecule has 2 aromatic heterocycles. The van der Waals surface area contributed by atoms with Crippen LogP contribution in [0.25, 0.3) is 0 Å². The van der Waals surface area contributed by atoms with Crippen LogP contribution in [0.1, 0.15) is 54.1 Å². The van der Waals surface area contributed by atoms with E-state index in [2.05, 4.69) is 32.2 Å². The second-order valence-corrected chi connectivity index (χ2v) is 10.8. The summed E-state index contributed by atoms with van der Waals surface area (Å²) in [6.07, 6.45) is 0.681. The van der Waals surface area contributed by atoms with Crippen molar-refractivity contribution >= 4 is 29.3 Å². The van der Waals surface area contributed by atoms with Crippen molar-refractivity contribution in [2.45, 2.75) is 49.4 Å². The number of ether oxygens (including phenoxy) is 1. The quantitative estimate of drug-likeness (QED) is 0.253. The van der Waals surface area contributed by atoms with E-state index >= 15 is 0 Å². The zero-order valence-electron chi connectivity index (χ0n) is 22.6. The van der Waals surface area contributed by atoms with Gasteiger partial charge in [0.15, 0.2) is 10.9 Å². The molecule has 1 aliphatic heterocycles. The molecule has 2 N–H and O–H groups in total. The van der Waals surface area contributed by atoms with Gasteiger partial charge in [-0.2, -0.15) is 0 Å². The van der Waals surface area contributed by atoms with Crippen LogP contribution >= 0.6 is 11.8 Å². The Kier molecular flexibility index (Phi) is 8.44. The van der Waals surface area contributed by atoms with Crippen molar-refractivity contribution in [3.63, 3.8) is 0 Å². The first-order chi connectivity index (χ1) is 19.7. The standard InChI is InChI=1S/C30H29F2N5O3S/c1-16-13-21(28(31)32)36-30(34-16)41-15-19-14-18(10-11-23(19)40-3)26-25(29(39)37-24-9-4-5-12-33-24)17(2)35-20-7-6-8-22(38)27(20)26/h4-5,9-14,25-26,28,35H,2,6-8,15H2,1,3H3,(H,33,37,39). The number of nitrogens with zero attached hydrogens (tertiary/aromatic N) is 3. The first-order valence-corrected chi connectivity index (χ1v) is 14.1. The number of halogens is 2. The number of aryl methyl sites for hydroxylation is 1. The van der Waals surface area contributed by atoms with Gasteiger partial charge in [-0.3, -0.25) is 9.59 Å². The molecule has 8 nitrogen and oxygen atoms in total. The number of Topliss-reactive ketones (excluding diaryl/α,β-unsaturated/α-hetero) is 1. The molecule has 2 unspecified atom stereocenters. The summed E-state index contributed by atoms with van der Waals surface area (Å²) in [5.41, 5.74) is 3.48. The average molecular weight is 578 g/mol. The van der Waals surface area contributed by atoms with Gasteiger partial charge in [-0.25, -0.2) is 23.7 Å². The number of alkyl halides is 2. The monoisotopic (exact) mass is 577 g/mol. The minimum absolute atomic E-state index is 0.00804. The number of carbonyl (C=O) groups is 2. The molecular formula is C30H29F2N5O3S. The van der Waals surface area contributed by atoms with Gasteiger partial charge in [0.2, 0.25) is 5.91 Å². The van der Waals surface area contributed by atoms with Crippen molar-refractivity contribution in [2.75, 3.05) is 12.4 Å². The lowest BCUT2D eigenvalue weighted by Gasteiger charge is -2.38. The third kappa shape index (κ3) is 6.14. The summed E-state index contributed by atoms with van der Waals surface area (Å²) in [5, 5.41) is 6.33. The van der Waals surface area contributed by atoms with E-state index in [1.54, 1.807) is 44.5 Å². The summed E-state index contributed by atoms with van der Waals surface area (Å²) in [4.78, 5) is 39.5. The molecule has 0 radical (unpaired) electrons. The maximum absolute atomic E-state index is 13.7. The number of benzene rings is 1. The van der Waals surface area contributed by atoms with Crippen molar-refractivity contribution in [1.29, 1.82) is 0 Å². The maximum atomic E-state index is 13.7. The molecule has 3 heterocycles. The van der Waals surface area contributed by atoms with Crippen LogP contribution in [0.15, 0.2) is 77.4 Å². The first-order valence-electron chi connectivity index (χ1n) is 13.1.